The number of hydrogen-bond acceptors (Lipinski definition) is 3. The minimum absolute atomic E-state index is 0.516. The number of nitro benzene ring substituents is 1. The molecule has 0 aliphatic rings. The Labute approximate surface area is 77.5 Å². The summed E-state index contributed by atoms with van der Waals surface area (Å²) in [6, 6.07) is 3.04. The van der Waals surface area contributed by atoms with Crippen LogP contribution in [0.3, 0.4) is 0 Å². The van der Waals surface area contributed by atoms with E-state index in [1.807, 2.05) is 0 Å². The fourth-order valence-corrected chi connectivity index (χ4v) is 1.00. The van der Waals surface area contributed by atoms with Gasteiger partial charge in [0.15, 0.2) is 11.6 Å². The van der Waals surface area contributed by atoms with Crippen molar-refractivity contribution in [2.75, 3.05) is 0 Å². The van der Waals surface area contributed by atoms with Crippen LogP contribution < -0.4 is 0 Å². The molecule has 0 aliphatic carbocycles. The van der Waals surface area contributed by atoms with Gasteiger partial charge in [-0.25, -0.2) is 8.78 Å². The number of nitro groups is 1. The predicted molar refractivity (Wildman–Crippen MR) is 42.3 cm³/mol. The van der Waals surface area contributed by atoms with Crippen molar-refractivity contribution in [1.82, 2.24) is 0 Å². The van der Waals surface area contributed by atoms with Crippen LogP contribution in [0, 0.1) is 33.1 Å². The molecule has 6 heteroatoms. The standard InChI is InChI=1S/C8H4F2N2O2/c9-6-1-2-7(12(13)14)5(3-4-11)8(6)10/h1-2H,3H2. The first-order chi connectivity index (χ1) is 6.57. The van der Waals surface area contributed by atoms with Crippen LogP contribution in [0.5, 0.6) is 0 Å². The van der Waals surface area contributed by atoms with Gasteiger partial charge in [-0.2, -0.15) is 5.26 Å². The normalized spacial score (nSPS) is 9.50. The largest absolute Gasteiger partial charge is 0.276 e. The van der Waals surface area contributed by atoms with Crippen LogP contribution in [-0.2, 0) is 6.42 Å². The quantitative estimate of drug-likeness (QED) is 0.538. The van der Waals surface area contributed by atoms with Gasteiger partial charge in [0, 0.05) is 6.07 Å². The van der Waals surface area contributed by atoms with E-state index >= 15 is 0 Å². The lowest BCUT2D eigenvalue weighted by atomic mass is 10.1. The van der Waals surface area contributed by atoms with E-state index in [1.165, 1.54) is 6.07 Å². The molecule has 0 fully saturated rings. The van der Waals surface area contributed by atoms with Crippen LogP contribution in [0.1, 0.15) is 5.56 Å². The van der Waals surface area contributed by atoms with Gasteiger partial charge in [-0.05, 0) is 6.07 Å². The fourth-order valence-electron chi connectivity index (χ4n) is 1.00. The Hall–Kier alpha value is -2.03. The molecule has 0 atom stereocenters. The molecule has 1 rings (SSSR count). The number of hydrogen-bond donors (Lipinski definition) is 0. The maximum atomic E-state index is 13.0. The van der Waals surface area contributed by atoms with Crippen molar-refractivity contribution in [2.24, 2.45) is 0 Å². The molecule has 0 saturated heterocycles. The molecule has 0 amide bonds. The zero-order valence-electron chi connectivity index (χ0n) is 6.83. The Morgan fingerprint density at radius 2 is 2.14 bits per heavy atom. The highest BCUT2D eigenvalue weighted by Crippen LogP contribution is 2.23. The molecular weight excluding hydrogens is 194 g/mol. The van der Waals surface area contributed by atoms with E-state index in [-0.39, 0.29) is 0 Å². The molecule has 1 aromatic rings. The summed E-state index contributed by atoms with van der Waals surface area (Å²) in [6.07, 6.45) is -0.528. The molecule has 0 aromatic heterocycles. The molecule has 0 aliphatic heterocycles. The minimum Gasteiger partial charge on any atom is -0.258 e. The third kappa shape index (κ3) is 1.66. The molecule has 0 heterocycles. The van der Waals surface area contributed by atoms with Crippen molar-refractivity contribution in [3.63, 3.8) is 0 Å². The summed E-state index contributed by atoms with van der Waals surface area (Å²) >= 11 is 0. The maximum Gasteiger partial charge on any atom is 0.276 e. The SMILES string of the molecule is N#CCc1c([N+](=O)[O-])ccc(F)c1F. The first-order valence-corrected chi connectivity index (χ1v) is 3.56. The van der Waals surface area contributed by atoms with Crippen molar-refractivity contribution in [3.8, 4) is 6.07 Å². The predicted octanol–water partition coefficient (Wildman–Crippen LogP) is 1.94. The Balaban J connectivity index is 3.39. The number of halogens is 2. The van der Waals surface area contributed by atoms with E-state index < -0.39 is 34.2 Å². The first-order valence-electron chi connectivity index (χ1n) is 3.56. The van der Waals surface area contributed by atoms with Gasteiger partial charge >= 0.3 is 0 Å². The zero-order chi connectivity index (χ0) is 10.7. The Morgan fingerprint density at radius 1 is 1.50 bits per heavy atom. The molecule has 72 valence electrons. The Morgan fingerprint density at radius 3 is 2.64 bits per heavy atom. The van der Waals surface area contributed by atoms with E-state index in [2.05, 4.69) is 0 Å². The second kappa shape index (κ2) is 3.79. The highest BCUT2D eigenvalue weighted by Gasteiger charge is 2.20. The minimum atomic E-state index is -1.33. The molecule has 14 heavy (non-hydrogen) atoms. The molecule has 0 saturated carbocycles. The second-order valence-electron chi connectivity index (χ2n) is 2.45. The van der Waals surface area contributed by atoms with E-state index in [4.69, 9.17) is 5.26 Å². The van der Waals surface area contributed by atoms with E-state index in [1.54, 1.807) is 0 Å². The van der Waals surface area contributed by atoms with Gasteiger partial charge in [-0.1, -0.05) is 0 Å². The van der Waals surface area contributed by atoms with Crippen LogP contribution in [0.4, 0.5) is 14.5 Å². The molecule has 1 aromatic carbocycles. The molecule has 4 nitrogen and oxygen atoms in total. The van der Waals surface area contributed by atoms with Gasteiger partial charge in [-0.15, -0.1) is 0 Å². The third-order valence-electron chi connectivity index (χ3n) is 1.62. The van der Waals surface area contributed by atoms with Gasteiger partial charge in [0.2, 0.25) is 0 Å². The van der Waals surface area contributed by atoms with Crippen molar-refractivity contribution < 1.29 is 13.7 Å². The summed E-state index contributed by atoms with van der Waals surface area (Å²) in [5.74, 6) is -2.53. The van der Waals surface area contributed by atoms with Crippen molar-refractivity contribution in [2.45, 2.75) is 6.42 Å². The average Bonchev–Trinajstić information content (AvgIpc) is 2.13. The fraction of sp³-hybridized carbons (Fsp3) is 0.125. The van der Waals surface area contributed by atoms with Crippen molar-refractivity contribution in [1.29, 1.82) is 5.26 Å². The van der Waals surface area contributed by atoms with Crippen LogP contribution in [0.25, 0.3) is 0 Å². The zero-order valence-corrected chi connectivity index (χ0v) is 6.83. The van der Waals surface area contributed by atoms with Gasteiger partial charge in [0.25, 0.3) is 5.69 Å². The van der Waals surface area contributed by atoms with Gasteiger partial charge < -0.3 is 0 Å². The van der Waals surface area contributed by atoms with Gasteiger partial charge in [-0.3, -0.25) is 10.1 Å². The number of nitrogens with zero attached hydrogens (tertiary/aromatic N) is 2. The van der Waals surface area contributed by atoms with E-state index in [9.17, 15) is 18.9 Å². The van der Waals surface area contributed by atoms with Gasteiger partial charge in [0.05, 0.1) is 23.0 Å². The smallest absolute Gasteiger partial charge is 0.258 e. The Bertz CT molecular complexity index is 426. The summed E-state index contributed by atoms with van der Waals surface area (Å²) in [7, 11) is 0. The molecule has 0 N–H and O–H groups in total. The lowest BCUT2D eigenvalue weighted by Gasteiger charge is -2.00. The summed E-state index contributed by atoms with van der Waals surface area (Å²) in [5.41, 5.74) is -1.09. The number of benzene rings is 1. The van der Waals surface area contributed by atoms with Crippen LogP contribution in [0.15, 0.2) is 12.1 Å². The van der Waals surface area contributed by atoms with Crippen LogP contribution >= 0.6 is 0 Å². The molecule has 0 unspecified atom stereocenters. The second-order valence-corrected chi connectivity index (χ2v) is 2.45. The van der Waals surface area contributed by atoms with E-state index in [0.717, 1.165) is 6.07 Å². The molecular formula is C8H4F2N2O2. The molecule has 0 spiro atoms. The summed E-state index contributed by atoms with van der Waals surface area (Å²) < 4.78 is 25.6. The third-order valence-corrected chi connectivity index (χ3v) is 1.62. The highest BCUT2D eigenvalue weighted by atomic mass is 19.2. The first kappa shape index (κ1) is 10.1. The number of rotatable bonds is 2. The van der Waals surface area contributed by atoms with Crippen molar-refractivity contribution in [3.05, 3.63) is 39.4 Å². The Kier molecular flexibility index (Phi) is 2.72. The molecule has 0 radical (unpaired) electrons. The molecule has 0 bridgehead atoms. The average molecular weight is 198 g/mol. The lowest BCUT2D eigenvalue weighted by Crippen LogP contribution is -2.00. The maximum absolute atomic E-state index is 13.0. The van der Waals surface area contributed by atoms with Crippen molar-refractivity contribution >= 4 is 5.69 Å². The summed E-state index contributed by atoms with van der Waals surface area (Å²) in [6.45, 7) is 0. The van der Waals surface area contributed by atoms with E-state index in [0.29, 0.717) is 6.07 Å². The van der Waals surface area contributed by atoms with Crippen LogP contribution in [0.2, 0.25) is 0 Å². The van der Waals surface area contributed by atoms with Gasteiger partial charge in [0.1, 0.15) is 0 Å². The monoisotopic (exact) mass is 198 g/mol. The highest BCUT2D eigenvalue weighted by molar-refractivity contribution is 5.42. The van der Waals surface area contributed by atoms with Crippen LogP contribution in [-0.4, -0.2) is 4.92 Å². The lowest BCUT2D eigenvalue weighted by molar-refractivity contribution is -0.385. The summed E-state index contributed by atoms with van der Waals surface area (Å²) in [4.78, 5) is 9.52. The topological polar surface area (TPSA) is 66.9 Å². The number of nitriles is 1. The summed E-state index contributed by atoms with van der Waals surface area (Å²) in [5, 5.41) is 18.6.